The lowest BCUT2D eigenvalue weighted by Crippen LogP contribution is -2.45. The summed E-state index contributed by atoms with van der Waals surface area (Å²) < 4.78 is 5.10. The van der Waals surface area contributed by atoms with Crippen LogP contribution in [0.1, 0.15) is 18.4 Å². The van der Waals surface area contributed by atoms with Crippen LogP contribution in [0, 0.1) is 0 Å². The molecule has 1 aliphatic rings. The average Bonchev–Trinajstić information content (AvgIpc) is 2.40. The van der Waals surface area contributed by atoms with E-state index in [4.69, 9.17) is 4.74 Å². The van der Waals surface area contributed by atoms with Gasteiger partial charge in [-0.25, -0.2) is 0 Å². The van der Waals surface area contributed by atoms with Crippen LogP contribution in [0.25, 0.3) is 0 Å². The number of carbonyl (C=O) groups is 1. The summed E-state index contributed by atoms with van der Waals surface area (Å²) >= 11 is 0. The molecule has 1 amide bonds. The maximum absolute atomic E-state index is 10.6. The van der Waals surface area contributed by atoms with Crippen LogP contribution in [-0.4, -0.2) is 42.2 Å². The normalized spacial score (nSPS) is 18.4. The van der Waals surface area contributed by atoms with Gasteiger partial charge < -0.3 is 14.7 Å². The van der Waals surface area contributed by atoms with E-state index < -0.39 is 5.60 Å². The first kappa shape index (κ1) is 12.9. The number of ether oxygens (including phenoxy) is 1. The van der Waals surface area contributed by atoms with Crippen molar-refractivity contribution in [3.05, 3.63) is 29.8 Å². The Hall–Kier alpha value is -1.55. The summed E-state index contributed by atoms with van der Waals surface area (Å²) in [4.78, 5) is 12.3. The van der Waals surface area contributed by atoms with Crippen LogP contribution in [0.2, 0.25) is 0 Å². The summed E-state index contributed by atoms with van der Waals surface area (Å²) in [5, 5.41) is 10.5. The number of piperidine rings is 1. The van der Waals surface area contributed by atoms with Gasteiger partial charge in [-0.15, -0.1) is 0 Å². The van der Waals surface area contributed by atoms with Crippen molar-refractivity contribution >= 4 is 6.41 Å². The molecule has 18 heavy (non-hydrogen) atoms. The molecule has 1 fully saturated rings. The van der Waals surface area contributed by atoms with Crippen molar-refractivity contribution in [3.8, 4) is 5.75 Å². The molecule has 1 aromatic carbocycles. The van der Waals surface area contributed by atoms with E-state index in [1.165, 1.54) is 0 Å². The zero-order chi connectivity index (χ0) is 13.0. The van der Waals surface area contributed by atoms with E-state index in [1.54, 1.807) is 12.0 Å². The number of hydrogen-bond donors (Lipinski definition) is 1. The van der Waals surface area contributed by atoms with Gasteiger partial charge in [-0.2, -0.15) is 0 Å². The number of carbonyl (C=O) groups excluding carboxylic acids is 1. The number of amides is 1. The summed E-state index contributed by atoms with van der Waals surface area (Å²) in [7, 11) is 1.64. The Balaban J connectivity index is 1.97. The molecule has 4 heteroatoms. The zero-order valence-corrected chi connectivity index (χ0v) is 10.6. The molecule has 0 aliphatic carbocycles. The second kappa shape index (κ2) is 5.40. The van der Waals surface area contributed by atoms with E-state index in [-0.39, 0.29) is 0 Å². The van der Waals surface area contributed by atoms with Gasteiger partial charge >= 0.3 is 0 Å². The lowest BCUT2D eigenvalue weighted by atomic mass is 9.85. The molecule has 0 saturated carbocycles. The third kappa shape index (κ3) is 3.01. The van der Waals surface area contributed by atoms with Crippen molar-refractivity contribution in [2.75, 3.05) is 20.2 Å². The molecular formula is C14H19NO3. The number of nitrogens with zero attached hydrogens (tertiary/aromatic N) is 1. The molecule has 2 rings (SSSR count). The van der Waals surface area contributed by atoms with Crippen LogP contribution in [0.15, 0.2) is 24.3 Å². The zero-order valence-electron chi connectivity index (χ0n) is 10.6. The minimum atomic E-state index is -0.686. The van der Waals surface area contributed by atoms with E-state index in [0.29, 0.717) is 32.4 Å². The van der Waals surface area contributed by atoms with Crippen molar-refractivity contribution in [1.29, 1.82) is 0 Å². The molecule has 0 unspecified atom stereocenters. The van der Waals surface area contributed by atoms with Crippen molar-refractivity contribution in [3.63, 3.8) is 0 Å². The fraction of sp³-hybridized carbons (Fsp3) is 0.500. The molecule has 0 spiro atoms. The Morgan fingerprint density at radius 2 is 1.94 bits per heavy atom. The van der Waals surface area contributed by atoms with Crippen molar-refractivity contribution < 1.29 is 14.6 Å². The summed E-state index contributed by atoms with van der Waals surface area (Å²) in [6.07, 6.45) is 2.76. The fourth-order valence-electron chi connectivity index (χ4n) is 2.35. The molecule has 98 valence electrons. The molecule has 1 aliphatic heterocycles. The number of rotatable bonds is 4. The van der Waals surface area contributed by atoms with E-state index in [1.807, 2.05) is 24.3 Å². The molecule has 0 radical (unpaired) electrons. The second-order valence-electron chi connectivity index (χ2n) is 4.89. The Labute approximate surface area is 107 Å². The highest BCUT2D eigenvalue weighted by Gasteiger charge is 2.31. The smallest absolute Gasteiger partial charge is 0.209 e. The lowest BCUT2D eigenvalue weighted by molar-refractivity contribution is -0.122. The minimum absolute atomic E-state index is 0.629. The van der Waals surface area contributed by atoms with Gasteiger partial charge in [-0.05, 0) is 30.5 Å². The average molecular weight is 249 g/mol. The molecule has 1 heterocycles. The first-order valence-corrected chi connectivity index (χ1v) is 6.20. The van der Waals surface area contributed by atoms with E-state index in [0.717, 1.165) is 17.7 Å². The van der Waals surface area contributed by atoms with Crippen molar-refractivity contribution in [2.45, 2.75) is 24.9 Å². The molecular weight excluding hydrogens is 230 g/mol. The lowest BCUT2D eigenvalue weighted by Gasteiger charge is -2.36. The highest BCUT2D eigenvalue weighted by atomic mass is 16.5. The third-order valence-corrected chi connectivity index (χ3v) is 3.57. The van der Waals surface area contributed by atoms with Crippen LogP contribution in [0.5, 0.6) is 5.75 Å². The van der Waals surface area contributed by atoms with E-state index in [2.05, 4.69) is 0 Å². The van der Waals surface area contributed by atoms with Crippen LogP contribution in [-0.2, 0) is 11.2 Å². The first-order chi connectivity index (χ1) is 8.65. The van der Waals surface area contributed by atoms with Crippen LogP contribution >= 0.6 is 0 Å². The van der Waals surface area contributed by atoms with Gasteiger partial charge in [0.15, 0.2) is 0 Å². The molecule has 1 saturated heterocycles. The van der Waals surface area contributed by atoms with Gasteiger partial charge in [-0.3, -0.25) is 4.79 Å². The SMILES string of the molecule is COc1ccc(CC2(O)CCN(C=O)CC2)cc1. The largest absolute Gasteiger partial charge is 0.497 e. The van der Waals surface area contributed by atoms with Crippen molar-refractivity contribution in [1.82, 2.24) is 4.90 Å². The minimum Gasteiger partial charge on any atom is -0.497 e. The second-order valence-corrected chi connectivity index (χ2v) is 4.89. The number of likely N-dealkylation sites (tertiary alicyclic amines) is 1. The van der Waals surface area contributed by atoms with Crippen LogP contribution in [0.3, 0.4) is 0 Å². The highest BCUT2D eigenvalue weighted by Crippen LogP contribution is 2.26. The van der Waals surface area contributed by atoms with Gasteiger partial charge in [-0.1, -0.05) is 12.1 Å². The molecule has 4 nitrogen and oxygen atoms in total. The third-order valence-electron chi connectivity index (χ3n) is 3.57. The maximum Gasteiger partial charge on any atom is 0.209 e. The van der Waals surface area contributed by atoms with Gasteiger partial charge in [0.2, 0.25) is 6.41 Å². The molecule has 0 bridgehead atoms. The predicted molar refractivity (Wildman–Crippen MR) is 68.5 cm³/mol. The van der Waals surface area contributed by atoms with Gasteiger partial charge in [0.05, 0.1) is 12.7 Å². The quantitative estimate of drug-likeness (QED) is 0.816. The summed E-state index contributed by atoms with van der Waals surface area (Å²) in [6, 6.07) is 7.75. The van der Waals surface area contributed by atoms with Crippen molar-refractivity contribution in [2.24, 2.45) is 0 Å². The Bertz CT molecular complexity index is 394. The summed E-state index contributed by atoms with van der Waals surface area (Å²) in [5.41, 5.74) is 0.409. The summed E-state index contributed by atoms with van der Waals surface area (Å²) in [5.74, 6) is 0.821. The topological polar surface area (TPSA) is 49.8 Å². The first-order valence-electron chi connectivity index (χ1n) is 6.20. The predicted octanol–water partition coefficient (Wildman–Crippen LogP) is 1.22. The fourth-order valence-corrected chi connectivity index (χ4v) is 2.35. The number of aliphatic hydroxyl groups is 1. The van der Waals surface area contributed by atoms with Crippen LogP contribution < -0.4 is 4.74 Å². The van der Waals surface area contributed by atoms with E-state index >= 15 is 0 Å². The molecule has 0 aromatic heterocycles. The molecule has 1 N–H and O–H groups in total. The maximum atomic E-state index is 10.6. The Morgan fingerprint density at radius 3 is 2.44 bits per heavy atom. The Morgan fingerprint density at radius 1 is 1.33 bits per heavy atom. The molecule has 0 atom stereocenters. The Kier molecular flexibility index (Phi) is 3.87. The van der Waals surface area contributed by atoms with Gasteiger partial charge in [0.1, 0.15) is 5.75 Å². The number of methoxy groups -OCH3 is 1. The van der Waals surface area contributed by atoms with Crippen LogP contribution in [0.4, 0.5) is 0 Å². The standard InChI is InChI=1S/C14H19NO3/c1-18-13-4-2-12(3-5-13)10-14(17)6-8-15(11-16)9-7-14/h2-5,11,17H,6-10H2,1H3. The number of hydrogen-bond acceptors (Lipinski definition) is 3. The van der Waals surface area contributed by atoms with Gasteiger partial charge in [0, 0.05) is 19.5 Å². The highest BCUT2D eigenvalue weighted by molar-refractivity contribution is 5.47. The van der Waals surface area contributed by atoms with E-state index in [9.17, 15) is 9.90 Å². The summed E-state index contributed by atoms with van der Waals surface area (Å²) in [6.45, 7) is 1.27. The molecule has 1 aromatic rings. The van der Waals surface area contributed by atoms with Gasteiger partial charge in [0.25, 0.3) is 0 Å². The number of benzene rings is 1. The monoisotopic (exact) mass is 249 g/mol.